The lowest BCUT2D eigenvalue weighted by Gasteiger charge is -2.24. The van der Waals surface area contributed by atoms with E-state index >= 15 is 0 Å². The van der Waals surface area contributed by atoms with Gasteiger partial charge in [-0.15, -0.1) is 11.3 Å². The van der Waals surface area contributed by atoms with Gasteiger partial charge in [-0.1, -0.05) is 18.6 Å². The van der Waals surface area contributed by atoms with E-state index in [1.165, 1.54) is 6.42 Å². The summed E-state index contributed by atoms with van der Waals surface area (Å²) in [7, 11) is 0. The summed E-state index contributed by atoms with van der Waals surface area (Å²) in [5.41, 5.74) is 2.94. The summed E-state index contributed by atoms with van der Waals surface area (Å²) in [4.78, 5) is 18.9. The summed E-state index contributed by atoms with van der Waals surface area (Å²) in [6.45, 7) is 6.22. The van der Waals surface area contributed by atoms with Crippen molar-refractivity contribution >= 4 is 28.1 Å². The monoisotopic (exact) mass is 329 g/mol. The largest absolute Gasteiger partial charge is 0.349 e. The second-order valence-corrected chi connectivity index (χ2v) is 6.72. The number of hydrogen-bond acceptors (Lipinski definition) is 4. The Morgan fingerprint density at radius 1 is 1.26 bits per heavy atom. The molecule has 122 valence electrons. The van der Waals surface area contributed by atoms with Gasteiger partial charge in [-0.2, -0.15) is 0 Å². The summed E-state index contributed by atoms with van der Waals surface area (Å²) in [6, 6.07) is 7.97. The van der Waals surface area contributed by atoms with E-state index in [-0.39, 0.29) is 11.8 Å². The van der Waals surface area contributed by atoms with E-state index in [1.54, 1.807) is 11.3 Å². The van der Waals surface area contributed by atoms with Gasteiger partial charge in [0.25, 0.3) is 0 Å². The lowest BCUT2D eigenvalue weighted by Crippen LogP contribution is -2.27. The van der Waals surface area contributed by atoms with E-state index in [2.05, 4.69) is 29.4 Å². The highest BCUT2D eigenvalue weighted by atomic mass is 32.1. The number of carbonyl (C=O) groups is 1. The highest BCUT2D eigenvalue weighted by molar-refractivity contribution is 7.14. The fourth-order valence-corrected chi connectivity index (χ4v) is 3.64. The molecule has 1 aromatic carbocycles. The van der Waals surface area contributed by atoms with Crippen LogP contribution < -0.4 is 10.2 Å². The third-order valence-electron chi connectivity index (χ3n) is 4.45. The van der Waals surface area contributed by atoms with E-state index < -0.39 is 0 Å². The molecule has 1 amide bonds. The van der Waals surface area contributed by atoms with Gasteiger partial charge >= 0.3 is 0 Å². The zero-order valence-electron chi connectivity index (χ0n) is 13.7. The summed E-state index contributed by atoms with van der Waals surface area (Å²) in [5.74, 6) is 0.367. The molecule has 0 radical (unpaired) electrons. The molecule has 0 atom stereocenters. The molecule has 1 heterocycles. The number of thiazole rings is 1. The predicted octanol–water partition coefficient (Wildman–Crippen LogP) is 4.39. The third-order valence-corrected chi connectivity index (χ3v) is 5.35. The SMILES string of the molecule is CCN(CC)c1nc(-c2ccc(NC(=O)C3CCC3)cc2)cs1. The molecule has 1 aliphatic rings. The van der Waals surface area contributed by atoms with Gasteiger partial charge in [-0.3, -0.25) is 4.79 Å². The molecule has 0 unspecified atom stereocenters. The Balaban J connectivity index is 1.68. The van der Waals surface area contributed by atoms with Crippen LogP contribution in [-0.2, 0) is 4.79 Å². The van der Waals surface area contributed by atoms with Crippen LogP contribution in [0.4, 0.5) is 10.8 Å². The van der Waals surface area contributed by atoms with E-state index in [1.807, 2.05) is 24.3 Å². The first-order chi connectivity index (χ1) is 11.2. The first-order valence-corrected chi connectivity index (χ1v) is 9.21. The van der Waals surface area contributed by atoms with Crippen LogP contribution in [0.25, 0.3) is 11.3 Å². The van der Waals surface area contributed by atoms with Crippen LogP contribution in [0.2, 0.25) is 0 Å². The number of amides is 1. The number of anilines is 2. The molecule has 4 nitrogen and oxygen atoms in total. The molecule has 0 bridgehead atoms. The van der Waals surface area contributed by atoms with E-state index in [4.69, 9.17) is 4.98 Å². The van der Waals surface area contributed by atoms with E-state index in [9.17, 15) is 4.79 Å². The van der Waals surface area contributed by atoms with Crippen molar-refractivity contribution in [3.63, 3.8) is 0 Å². The molecular weight excluding hydrogens is 306 g/mol. The van der Waals surface area contributed by atoms with Crippen molar-refractivity contribution < 1.29 is 4.79 Å². The number of carbonyl (C=O) groups excluding carboxylic acids is 1. The van der Waals surface area contributed by atoms with Crippen LogP contribution in [0, 0.1) is 5.92 Å². The second kappa shape index (κ2) is 7.13. The average Bonchev–Trinajstić information content (AvgIpc) is 2.97. The van der Waals surface area contributed by atoms with Crippen LogP contribution in [-0.4, -0.2) is 24.0 Å². The van der Waals surface area contributed by atoms with Crippen LogP contribution in [0.1, 0.15) is 33.1 Å². The van der Waals surface area contributed by atoms with Crippen LogP contribution in [0.5, 0.6) is 0 Å². The Morgan fingerprint density at radius 3 is 2.52 bits per heavy atom. The molecule has 5 heteroatoms. The zero-order valence-corrected chi connectivity index (χ0v) is 14.5. The maximum absolute atomic E-state index is 12.0. The van der Waals surface area contributed by atoms with Gasteiger partial charge in [-0.25, -0.2) is 4.98 Å². The molecule has 0 saturated heterocycles. The van der Waals surface area contributed by atoms with Crippen molar-refractivity contribution in [2.75, 3.05) is 23.3 Å². The van der Waals surface area contributed by atoms with Crippen molar-refractivity contribution in [2.45, 2.75) is 33.1 Å². The smallest absolute Gasteiger partial charge is 0.227 e. The van der Waals surface area contributed by atoms with Crippen LogP contribution >= 0.6 is 11.3 Å². The van der Waals surface area contributed by atoms with E-state index in [0.29, 0.717) is 0 Å². The Kier molecular flexibility index (Phi) is 4.96. The first-order valence-electron chi connectivity index (χ1n) is 8.33. The van der Waals surface area contributed by atoms with Gasteiger partial charge in [0.2, 0.25) is 5.91 Å². The lowest BCUT2D eigenvalue weighted by molar-refractivity contribution is -0.122. The summed E-state index contributed by atoms with van der Waals surface area (Å²) in [5, 5.41) is 6.15. The summed E-state index contributed by atoms with van der Waals surface area (Å²) in [6.07, 6.45) is 3.23. The van der Waals surface area contributed by atoms with Gasteiger partial charge in [0, 0.05) is 35.6 Å². The highest BCUT2D eigenvalue weighted by Gasteiger charge is 2.25. The number of rotatable bonds is 6. The van der Waals surface area contributed by atoms with Crippen LogP contribution in [0.3, 0.4) is 0 Å². The molecule has 0 spiro atoms. The third kappa shape index (κ3) is 3.55. The number of nitrogens with one attached hydrogen (secondary N) is 1. The molecule has 0 aliphatic heterocycles. The number of aromatic nitrogens is 1. The Bertz CT molecular complexity index is 657. The number of benzene rings is 1. The minimum Gasteiger partial charge on any atom is -0.349 e. The van der Waals surface area contributed by atoms with Crippen molar-refractivity contribution in [1.82, 2.24) is 4.98 Å². The van der Waals surface area contributed by atoms with Crippen molar-refractivity contribution in [2.24, 2.45) is 5.92 Å². The Morgan fingerprint density at radius 2 is 1.96 bits per heavy atom. The molecule has 3 rings (SSSR count). The molecule has 1 aliphatic carbocycles. The molecule has 1 aromatic heterocycles. The maximum atomic E-state index is 12.0. The maximum Gasteiger partial charge on any atom is 0.227 e. The molecule has 1 N–H and O–H groups in total. The summed E-state index contributed by atoms with van der Waals surface area (Å²) >= 11 is 1.68. The number of nitrogens with zero attached hydrogens (tertiary/aromatic N) is 2. The van der Waals surface area contributed by atoms with Gasteiger partial charge in [-0.05, 0) is 38.8 Å². The van der Waals surface area contributed by atoms with E-state index in [0.717, 1.165) is 48.0 Å². The zero-order chi connectivity index (χ0) is 16.2. The van der Waals surface area contributed by atoms with Crippen LogP contribution in [0.15, 0.2) is 29.6 Å². The second-order valence-electron chi connectivity index (χ2n) is 5.88. The molecule has 2 aromatic rings. The fraction of sp³-hybridized carbons (Fsp3) is 0.444. The van der Waals surface area contributed by atoms with Crippen molar-refractivity contribution in [1.29, 1.82) is 0 Å². The Hall–Kier alpha value is -1.88. The molecular formula is C18H23N3OS. The normalized spacial score (nSPS) is 14.3. The van der Waals surface area contributed by atoms with Gasteiger partial charge in [0.05, 0.1) is 5.69 Å². The van der Waals surface area contributed by atoms with Crippen molar-refractivity contribution in [3.05, 3.63) is 29.6 Å². The van der Waals surface area contributed by atoms with Gasteiger partial charge in [0.1, 0.15) is 0 Å². The fourth-order valence-electron chi connectivity index (χ4n) is 2.68. The molecule has 1 saturated carbocycles. The Labute approximate surface area is 141 Å². The summed E-state index contributed by atoms with van der Waals surface area (Å²) < 4.78 is 0. The van der Waals surface area contributed by atoms with Gasteiger partial charge < -0.3 is 10.2 Å². The minimum atomic E-state index is 0.154. The highest BCUT2D eigenvalue weighted by Crippen LogP contribution is 2.30. The average molecular weight is 329 g/mol. The number of hydrogen-bond donors (Lipinski definition) is 1. The minimum absolute atomic E-state index is 0.154. The van der Waals surface area contributed by atoms with Gasteiger partial charge in [0.15, 0.2) is 5.13 Å². The first kappa shape index (κ1) is 16.0. The molecule has 1 fully saturated rings. The van der Waals surface area contributed by atoms with Crippen molar-refractivity contribution in [3.8, 4) is 11.3 Å². The standard InChI is InChI=1S/C18H23N3OS/c1-3-21(4-2)18-20-16(12-23-18)13-8-10-15(11-9-13)19-17(22)14-6-5-7-14/h8-12,14H,3-7H2,1-2H3,(H,19,22). The quantitative estimate of drug-likeness (QED) is 0.854. The lowest BCUT2D eigenvalue weighted by atomic mass is 9.85. The predicted molar refractivity (Wildman–Crippen MR) is 97.1 cm³/mol. The topological polar surface area (TPSA) is 45.2 Å². The molecule has 23 heavy (non-hydrogen) atoms.